The zero-order valence-corrected chi connectivity index (χ0v) is 8.96. The van der Waals surface area contributed by atoms with E-state index in [0.29, 0.717) is 0 Å². The van der Waals surface area contributed by atoms with Crippen LogP contribution in [0.2, 0.25) is 0 Å². The van der Waals surface area contributed by atoms with E-state index >= 15 is 0 Å². The molecule has 2 rings (SSSR count). The number of anilines is 1. The fourth-order valence-corrected chi connectivity index (χ4v) is 1.49. The maximum Gasteiger partial charge on any atom is 0.358 e. The van der Waals surface area contributed by atoms with E-state index in [1.807, 2.05) is 0 Å². The van der Waals surface area contributed by atoms with Crippen LogP contribution in [0.3, 0.4) is 0 Å². The number of aromatic nitrogens is 2. The summed E-state index contributed by atoms with van der Waals surface area (Å²) in [6.45, 7) is 0. The van der Waals surface area contributed by atoms with Crippen LogP contribution in [-0.2, 0) is 0 Å². The van der Waals surface area contributed by atoms with Gasteiger partial charge in [0.15, 0.2) is 5.69 Å². The van der Waals surface area contributed by atoms with Gasteiger partial charge in [0.2, 0.25) is 0 Å². The molecule has 7 heteroatoms. The zero-order chi connectivity index (χ0) is 13.3. The van der Waals surface area contributed by atoms with E-state index in [1.54, 1.807) is 6.07 Å². The molecule has 0 spiro atoms. The maximum atomic E-state index is 13.4. The lowest BCUT2D eigenvalue weighted by molar-refractivity contribution is 0.0691. The second-order valence-corrected chi connectivity index (χ2v) is 3.43. The number of rotatable bonds is 2. The smallest absolute Gasteiger partial charge is 0.358 e. The van der Waals surface area contributed by atoms with E-state index in [1.165, 1.54) is 18.3 Å². The number of nitrogen functional groups attached to an aromatic ring is 1. The number of nitriles is 1. The van der Waals surface area contributed by atoms with Gasteiger partial charge in [-0.2, -0.15) is 10.4 Å². The minimum Gasteiger partial charge on any atom is -0.476 e. The maximum absolute atomic E-state index is 13.4. The Balaban J connectivity index is 2.64. The second kappa shape index (κ2) is 4.18. The molecule has 2 aromatic rings. The van der Waals surface area contributed by atoms with Crippen LogP contribution in [0.5, 0.6) is 0 Å². The van der Waals surface area contributed by atoms with Crippen LogP contribution < -0.4 is 5.73 Å². The summed E-state index contributed by atoms with van der Waals surface area (Å²) in [7, 11) is 0. The molecule has 0 radical (unpaired) electrons. The van der Waals surface area contributed by atoms with Crippen LogP contribution in [-0.4, -0.2) is 20.9 Å². The van der Waals surface area contributed by atoms with Crippen molar-refractivity contribution in [1.29, 1.82) is 5.26 Å². The Hall–Kier alpha value is -2.88. The number of hydrogen-bond acceptors (Lipinski definition) is 4. The van der Waals surface area contributed by atoms with Gasteiger partial charge in [-0.1, -0.05) is 6.07 Å². The molecule has 0 atom stereocenters. The van der Waals surface area contributed by atoms with Crippen LogP contribution in [0, 0.1) is 17.1 Å². The number of benzene rings is 1. The Morgan fingerprint density at radius 3 is 2.83 bits per heavy atom. The number of aromatic carboxylic acids is 1. The van der Waals surface area contributed by atoms with Crippen LogP contribution in [0.15, 0.2) is 24.4 Å². The van der Waals surface area contributed by atoms with Crippen LogP contribution in [0.1, 0.15) is 16.1 Å². The molecule has 1 heterocycles. The topological polar surface area (TPSA) is 105 Å². The first kappa shape index (κ1) is 11.6. The number of hydrogen-bond donors (Lipinski definition) is 2. The average Bonchev–Trinajstić information content (AvgIpc) is 2.71. The summed E-state index contributed by atoms with van der Waals surface area (Å²) < 4.78 is 14.5. The fourth-order valence-electron chi connectivity index (χ4n) is 1.49. The van der Waals surface area contributed by atoms with Crippen molar-refractivity contribution in [2.24, 2.45) is 0 Å². The first-order chi connectivity index (χ1) is 8.54. The van der Waals surface area contributed by atoms with Gasteiger partial charge in [0.25, 0.3) is 0 Å². The highest BCUT2D eigenvalue weighted by Gasteiger charge is 2.16. The minimum atomic E-state index is -1.29. The lowest BCUT2D eigenvalue weighted by atomic mass is 10.2. The van der Waals surface area contributed by atoms with Crippen LogP contribution in [0.25, 0.3) is 5.69 Å². The van der Waals surface area contributed by atoms with Crippen molar-refractivity contribution in [2.75, 3.05) is 5.73 Å². The summed E-state index contributed by atoms with van der Waals surface area (Å²) >= 11 is 0. The van der Waals surface area contributed by atoms with Gasteiger partial charge in [-0.25, -0.2) is 13.9 Å². The van der Waals surface area contributed by atoms with Crippen molar-refractivity contribution < 1.29 is 14.3 Å². The van der Waals surface area contributed by atoms with Gasteiger partial charge in [0.05, 0.1) is 17.6 Å². The SMILES string of the molecule is N#Cc1c(F)cccc1-n1cc(N)c(C(=O)O)n1. The molecule has 0 aliphatic heterocycles. The van der Waals surface area contributed by atoms with E-state index in [4.69, 9.17) is 16.1 Å². The van der Waals surface area contributed by atoms with E-state index < -0.39 is 11.8 Å². The van der Waals surface area contributed by atoms with Crippen LogP contribution >= 0.6 is 0 Å². The van der Waals surface area contributed by atoms with Gasteiger partial charge >= 0.3 is 5.97 Å². The standard InChI is InChI=1S/C11H7FN4O2/c12-7-2-1-3-9(6(7)4-13)16-5-8(14)10(15-16)11(17)18/h1-3,5H,14H2,(H,17,18). The normalized spacial score (nSPS) is 10.0. The third-order valence-electron chi connectivity index (χ3n) is 2.30. The summed E-state index contributed by atoms with van der Waals surface area (Å²) in [6, 6.07) is 5.66. The highest BCUT2D eigenvalue weighted by molar-refractivity contribution is 5.91. The molecule has 18 heavy (non-hydrogen) atoms. The largest absolute Gasteiger partial charge is 0.476 e. The van der Waals surface area contributed by atoms with Gasteiger partial charge in [-0.05, 0) is 12.1 Å². The van der Waals surface area contributed by atoms with Crippen molar-refractivity contribution >= 4 is 11.7 Å². The van der Waals surface area contributed by atoms with Crippen molar-refractivity contribution in [3.05, 3.63) is 41.5 Å². The minimum absolute atomic E-state index is 0.0596. The van der Waals surface area contributed by atoms with Crippen molar-refractivity contribution in [3.8, 4) is 11.8 Å². The Morgan fingerprint density at radius 2 is 2.28 bits per heavy atom. The number of carboxylic acid groups (broad SMARTS) is 1. The first-order valence-electron chi connectivity index (χ1n) is 4.82. The molecule has 0 aliphatic carbocycles. The Morgan fingerprint density at radius 1 is 1.56 bits per heavy atom. The van der Waals surface area contributed by atoms with E-state index in [0.717, 1.165) is 10.7 Å². The zero-order valence-electron chi connectivity index (χ0n) is 8.96. The molecule has 0 amide bonds. The molecule has 1 aromatic heterocycles. The Kier molecular flexibility index (Phi) is 2.69. The van der Waals surface area contributed by atoms with Gasteiger partial charge < -0.3 is 10.8 Å². The summed E-state index contributed by atoms with van der Waals surface area (Å²) in [4.78, 5) is 10.8. The quantitative estimate of drug-likeness (QED) is 0.827. The molecule has 1 aromatic carbocycles. The number of halogens is 1. The molecule has 0 saturated heterocycles. The average molecular weight is 246 g/mol. The molecule has 3 N–H and O–H groups in total. The molecular weight excluding hydrogens is 239 g/mol. The predicted molar refractivity (Wildman–Crippen MR) is 59.6 cm³/mol. The Labute approximate surface area is 101 Å². The Bertz CT molecular complexity index is 672. The highest BCUT2D eigenvalue weighted by Crippen LogP contribution is 2.19. The van der Waals surface area contributed by atoms with Gasteiger partial charge in [-0.3, -0.25) is 0 Å². The van der Waals surface area contributed by atoms with E-state index in [-0.39, 0.29) is 22.6 Å². The molecule has 6 nitrogen and oxygen atoms in total. The third kappa shape index (κ3) is 1.76. The summed E-state index contributed by atoms with van der Waals surface area (Å²) in [6.07, 6.45) is 1.22. The fraction of sp³-hybridized carbons (Fsp3) is 0. The molecule has 0 aliphatic rings. The number of carboxylic acids is 1. The van der Waals surface area contributed by atoms with Crippen LogP contribution in [0.4, 0.5) is 10.1 Å². The summed E-state index contributed by atoms with van der Waals surface area (Å²) in [5.41, 5.74) is 4.98. The molecule has 0 bridgehead atoms. The highest BCUT2D eigenvalue weighted by atomic mass is 19.1. The third-order valence-corrected chi connectivity index (χ3v) is 2.30. The summed E-state index contributed by atoms with van der Waals surface area (Å²) in [5.74, 6) is -2.00. The second-order valence-electron chi connectivity index (χ2n) is 3.43. The number of nitrogens with two attached hydrogens (primary N) is 1. The lowest BCUT2D eigenvalue weighted by Crippen LogP contribution is -2.04. The monoisotopic (exact) mass is 246 g/mol. The number of nitrogens with zero attached hydrogens (tertiary/aromatic N) is 3. The van der Waals surface area contributed by atoms with Gasteiger partial charge in [-0.15, -0.1) is 0 Å². The van der Waals surface area contributed by atoms with Gasteiger partial charge in [0, 0.05) is 0 Å². The molecule has 0 fully saturated rings. The number of carbonyl (C=O) groups is 1. The van der Waals surface area contributed by atoms with E-state index in [9.17, 15) is 9.18 Å². The predicted octanol–water partition coefficient (Wildman–Crippen LogP) is 1.16. The first-order valence-corrected chi connectivity index (χ1v) is 4.82. The molecule has 0 saturated carbocycles. The van der Waals surface area contributed by atoms with Crippen molar-refractivity contribution in [1.82, 2.24) is 9.78 Å². The van der Waals surface area contributed by atoms with Gasteiger partial charge in [0.1, 0.15) is 17.4 Å². The van der Waals surface area contributed by atoms with E-state index in [2.05, 4.69) is 5.10 Å². The molecule has 0 unspecified atom stereocenters. The van der Waals surface area contributed by atoms with Crippen molar-refractivity contribution in [3.63, 3.8) is 0 Å². The lowest BCUT2D eigenvalue weighted by Gasteiger charge is -2.03. The molecular formula is C11H7FN4O2. The van der Waals surface area contributed by atoms with Crippen molar-refractivity contribution in [2.45, 2.75) is 0 Å². The molecule has 90 valence electrons. The summed E-state index contributed by atoms with van der Waals surface area (Å²) in [5, 5.41) is 21.4.